The van der Waals surface area contributed by atoms with E-state index in [4.69, 9.17) is 14.8 Å². The van der Waals surface area contributed by atoms with Gasteiger partial charge >= 0.3 is 0 Å². The molecule has 2 aromatic heterocycles. The number of nitrogens with zero attached hydrogens (tertiary/aromatic N) is 6. The van der Waals surface area contributed by atoms with Crippen LogP contribution in [0.4, 0.5) is 16.6 Å². The quantitative estimate of drug-likeness (QED) is 0.154. The third-order valence-corrected chi connectivity index (χ3v) is 7.16. The lowest BCUT2D eigenvalue weighted by Crippen LogP contribution is -2.03. The highest BCUT2D eigenvalue weighted by atomic mass is 32.2. The molecule has 0 fully saturated rings. The number of anilines is 1. The van der Waals surface area contributed by atoms with E-state index in [0.29, 0.717) is 29.4 Å². The molecule has 0 aliphatic heterocycles. The van der Waals surface area contributed by atoms with E-state index in [2.05, 4.69) is 24.7 Å². The van der Waals surface area contributed by atoms with Crippen molar-refractivity contribution in [2.24, 2.45) is 10.2 Å². The molecule has 3 aromatic rings. The molecule has 0 saturated carbocycles. The summed E-state index contributed by atoms with van der Waals surface area (Å²) in [5.41, 5.74) is 6.76. The Kier molecular flexibility index (Phi) is 7.57. The summed E-state index contributed by atoms with van der Waals surface area (Å²) in [6, 6.07) is 5.29. The topological polar surface area (TPSA) is 203 Å². The molecule has 32 heavy (non-hydrogen) atoms. The van der Waals surface area contributed by atoms with Gasteiger partial charge in [0.2, 0.25) is 10.3 Å². The lowest BCUT2D eigenvalue weighted by atomic mass is 10.3. The Labute approximate surface area is 191 Å². The maximum Gasteiger partial charge on any atom is 0.294 e. The molecule has 0 amide bonds. The Morgan fingerprint density at radius 1 is 1.09 bits per heavy atom. The van der Waals surface area contributed by atoms with Crippen molar-refractivity contribution in [2.45, 2.75) is 22.9 Å². The molecule has 0 saturated heterocycles. The summed E-state index contributed by atoms with van der Waals surface area (Å²) in [6.45, 7) is 0. The molecule has 0 spiro atoms. The van der Waals surface area contributed by atoms with Crippen LogP contribution in [0.1, 0.15) is 12.8 Å². The Morgan fingerprint density at radius 3 is 2.47 bits per heavy atom. The van der Waals surface area contributed by atoms with Crippen LogP contribution in [-0.4, -0.2) is 56.6 Å². The zero-order valence-corrected chi connectivity index (χ0v) is 19.4. The average Bonchev–Trinajstić information content (AvgIpc) is 3.31. The van der Waals surface area contributed by atoms with Gasteiger partial charge < -0.3 is 5.73 Å². The predicted octanol–water partition coefficient (Wildman–Crippen LogP) is 2.73. The van der Waals surface area contributed by atoms with E-state index in [1.807, 2.05) is 0 Å². The molecule has 0 bridgehead atoms. The summed E-state index contributed by atoms with van der Waals surface area (Å²) in [6.07, 6.45) is 2.28. The lowest BCUT2D eigenvalue weighted by molar-refractivity contribution is 0.479. The second-order valence-corrected chi connectivity index (χ2v) is 11.0. The highest BCUT2D eigenvalue weighted by Gasteiger charge is 2.13. The van der Waals surface area contributed by atoms with Crippen molar-refractivity contribution in [3.63, 3.8) is 0 Å². The normalized spacial score (nSPS) is 12.6. The van der Waals surface area contributed by atoms with E-state index in [1.165, 1.54) is 46.9 Å². The first-order valence-corrected chi connectivity index (χ1v) is 13.6. The fourth-order valence-electron chi connectivity index (χ4n) is 2.34. The van der Waals surface area contributed by atoms with Crippen molar-refractivity contribution in [3.05, 3.63) is 30.5 Å². The molecule has 4 N–H and O–H groups in total. The molecule has 17 heteroatoms. The van der Waals surface area contributed by atoms with Crippen molar-refractivity contribution < 1.29 is 25.9 Å². The molecule has 0 aliphatic rings. The average molecular weight is 520 g/mol. The number of thioether (sulfide) groups is 1. The van der Waals surface area contributed by atoms with Crippen LogP contribution in [0.3, 0.4) is 0 Å². The molecule has 0 radical (unpaired) electrons. The summed E-state index contributed by atoms with van der Waals surface area (Å²) in [5.74, 6) is 0.460. The number of azo groups is 1. The van der Waals surface area contributed by atoms with E-state index in [0.717, 1.165) is 11.5 Å². The summed E-state index contributed by atoms with van der Waals surface area (Å²) >= 11 is 2.35. The number of benzene rings is 1. The van der Waals surface area contributed by atoms with Gasteiger partial charge in [-0.1, -0.05) is 11.8 Å². The maximum atomic E-state index is 11.1. The summed E-state index contributed by atoms with van der Waals surface area (Å²) in [4.78, 5) is 3.94. The summed E-state index contributed by atoms with van der Waals surface area (Å²) in [5, 5.41) is 12.9. The Bertz CT molecular complexity index is 1320. The minimum absolute atomic E-state index is 0.159. The van der Waals surface area contributed by atoms with Crippen LogP contribution in [0.15, 0.2) is 50.7 Å². The zero-order chi connectivity index (χ0) is 23.4. The summed E-state index contributed by atoms with van der Waals surface area (Å²) < 4.78 is 66.8. The van der Waals surface area contributed by atoms with Crippen LogP contribution < -0.4 is 5.73 Å². The van der Waals surface area contributed by atoms with Crippen LogP contribution in [0.5, 0.6) is 0 Å². The van der Waals surface area contributed by atoms with Crippen LogP contribution in [0.2, 0.25) is 0 Å². The molecule has 13 nitrogen and oxygen atoms in total. The summed E-state index contributed by atoms with van der Waals surface area (Å²) in [7, 11) is -8.24. The molecule has 0 aliphatic carbocycles. The van der Waals surface area contributed by atoms with Crippen molar-refractivity contribution in [2.75, 3.05) is 17.2 Å². The van der Waals surface area contributed by atoms with E-state index in [1.54, 1.807) is 0 Å². The Morgan fingerprint density at radius 2 is 1.81 bits per heavy atom. The van der Waals surface area contributed by atoms with Crippen molar-refractivity contribution in [1.29, 1.82) is 0 Å². The SMILES string of the molecule is Nc1c(N=Nc2nc(SCCCCS(=O)(=O)O)ns2)cnn1-c1ccc(S(=O)(=O)O)cc1. The van der Waals surface area contributed by atoms with E-state index in [9.17, 15) is 16.8 Å². The highest BCUT2D eigenvalue weighted by molar-refractivity contribution is 7.99. The zero-order valence-electron chi connectivity index (χ0n) is 16.1. The van der Waals surface area contributed by atoms with Crippen LogP contribution in [0.25, 0.3) is 5.69 Å². The number of nitrogens with two attached hydrogens (primary N) is 1. The number of unbranched alkanes of at least 4 members (excludes halogenated alkanes) is 1. The smallest absolute Gasteiger partial charge is 0.294 e. The Hall–Kier alpha value is -2.44. The lowest BCUT2D eigenvalue weighted by Gasteiger charge is -2.04. The van der Waals surface area contributed by atoms with Gasteiger partial charge in [-0.25, -0.2) is 4.68 Å². The van der Waals surface area contributed by atoms with Gasteiger partial charge in [-0.2, -0.15) is 31.3 Å². The number of rotatable bonds is 10. The van der Waals surface area contributed by atoms with Gasteiger partial charge in [-0.15, -0.1) is 10.2 Å². The van der Waals surface area contributed by atoms with Gasteiger partial charge in [0.25, 0.3) is 20.2 Å². The van der Waals surface area contributed by atoms with Gasteiger partial charge in [0.1, 0.15) is 5.69 Å². The first-order chi connectivity index (χ1) is 15.0. The molecular formula is C15H17N7O6S4. The van der Waals surface area contributed by atoms with Gasteiger partial charge in [0.15, 0.2) is 5.82 Å². The molecule has 0 atom stereocenters. The van der Waals surface area contributed by atoms with Crippen molar-refractivity contribution in [3.8, 4) is 5.69 Å². The number of hydrogen-bond donors (Lipinski definition) is 3. The molecule has 3 rings (SSSR count). The van der Waals surface area contributed by atoms with Crippen LogP contribution in [0, 0.1) is 0 Å². The first-order valence-electron chi connectivity index (χ1n) is 8.78. The number of nitrogen functional groups attached to an aromatic ring is 1. The molecular weight excluding hydrogens is 502 g/mol. The molecule has 2 heterocycles. The fraction of sp³-hybridized carbons (Fsp3) is 0.267. The van der Waals surface area contributed by atoms with Gasteiger partial charge in [-0.3, -0.25) is 9.11 Å². The fourth-order valence-corrected chi connectivity index (χ4v) is 4.86. The molecule has 172 valence electrons. The van der Waals surface area contributed by atoms with Gasteiger partial charge in [-0.05, 0) is 37.1 Å². The number of hydrogen-bond acceptors (Lipinski definition) is 12. The third kappa shape index (κ3) is 6.78. The first kappa shape index (κ1) is 24.2. The van der Waals surface area contributed by atoms with Crippen LogP contribution >= 0.6 is 23.3 Å². The van der Waals surface area contributed by atoms with E-state index in [-0.39, 0.29) is 27.3 Å². The van der Waals surface area contributed by atoms with Crippen molar-refractivity contribution in [1.82, 2.24) is 19.1 Å². The van der Waals surface area contributed by atoms with E-state index < -0.39 is 20.2 Å². The Balaban J connectivity index is 1.60. The highest BCUT2D eigenvalue weighted by Crippen LogP contribution is 2.29. The minimum Gasteiger partial charge on any atom is -0.382 e. The second-order valence-electron chi connectivity index (χ2n) is 6.20. The van der Waals surface area contributed by atoms with Crippen molar-refractivity contribution >= 4 is 60.2 Å². The molecule has 0 unspecified atom stereocenters. The second kappa shape index (κ2) is 10.0. The van der Waals surface area contributed by atoms with Gasteiger partial charge in [0, 0.05) is 17.3 Å². The third-order valence-electron chi connectivity index (χ3n) is 3.83. The maximum absolute atomic E-state index is 11.1. The monoisotopic (exact) mass is 519 g/mol. The van der Waals surface area contributed by atoms with Gasteiger partial charge in [0.05, 0.1) is 22.5 Å². The molecule has 1 aromatic carbocycles. The number of aromatic nitrogens is 4. The standard InChI is InChI=1S/C15H17N7O6S4/c16-13-12(9-17-22(13)10-3-5-11(6-4-10)32(26,27)28)19-20-14-18-15(21-30-14)29-7-1-2-8-31(23,24)25/h3-6,9H,1-2,7-8,16H2,(H,23,24,25)(H,26,27,28). The predicted molar refractivity (Wildman–Crippen MR) is 118 cm³/mol. The minimum atomic E-state index is -4.30. The van der Waals surface area contributed by atoms with E-state index >= 15 is 0 Å². The largest absolute Gasteiger partial charge is 0.382 e. The van der Waals surface area contributed by atoms with Crippen LogP contribution in [-0.2, 0) is 20.2 Å².